The van der Waals surface area contributed by atoms with Gasteiger partial charge in [-0.15, -0.1) is 0 Å². The van der Waals surface area contributed by atoms with E-state index in [9.17, 15) is 22.4 Å². The van der Waals surface area contributed by atoms with Crippen LogP contribution in [0.2, 0.25) is 5.02 Å². The standard InChI is InChI=1S/C30H35ClFN3O5S/c1-5-21(3)33-30(37)28(6-2)34(19-22-7-11-24(32)12-8-22)29(36)20-35(25-13-9-23(31)10-14-25)41(38,39)27-17-15-26(40-4)16-18-27/h7-18,21,28H,5-6,19-20H2,1-4H3,(H,33,37)/t21-,28+/m1/s1. The Balaban J connectivity index is 2.05. The van der Waals surface area contributed by atoms with Gasteiger partial charge in [0.05, 0.1) is 17.7 Å². The Bertz CT molecular complexity index is 1420. The summed E-state index contributed by atoms with van der Waals surface area (Å²) < 4.78 is 47.5. The van der Waals surface area contributed by atoms with Crippen molar-refractivity contribution >= 4 is 39.1 Å². The van der Waals surface area contributed by atoms with Crippen molar-refractivity contribution < 1.29 is 27.1 Å². The van der Waals surface area contributed by atoms with Crippen LogP contribution in [0, 0.1) is 5.82 Å². The summed E-state index contributed by atoms with van der Waals surface area (Å²) in [5, 5.41) is 3.31. The van der Waals surface area contributed by atoms with Crippen LogP contribution in [-0.4, -0.2) is 50.9 Å². The maximum Gasteiger partial charge on any atom is 0.264 e. The molecule has 0 bridgehead atoms. The number of rotatable bonds is 13. The van der Waals surface area contributed by atoms with Gasteiger partial charge in [0.2, 0.25) is 11.8 Å². The van der Waals surface area contributed by atoms with Crippen molar-refractivity contribution in [1.29, 1.82) is 0 Å². The molecule has 3 aromatic rings. The van der Waals surface area contributed by atoms with Crippen molar-refractivity contribution in [2.75, 3.05) is 18.0 Å². The van der Waals surface area contributed by atoms with Gasteiger partial charge in [-0.3, -0.25) is 13.9 Å². The Morgan fingerprint density at radius 2 is 1.56 bits per heavy atom. The Labute approximate surface area is 246 Å². The highest BCUT2D eigenvalue weighted by Crippen LogP contribution is 2.27. The fraction of sp³-hybridized carbons (Fsp3) is 0.333. The zero-order valence-corrected chi connectivity index (χ0v) is 25.1. The predicted molar refractivity (Wildman–Crippen MR) is 158 cm³/mol. The summed E-state index contributed by atoms with van der Waals surface area (Å²) in [4.78, 5) is 28.6. The molecule has 0 aromatic heterocycles. The molecule has 3 aromatic carbocycles. The van der Waals surface area contributed by atoms with E-state index in [4.69, 9.17) is 16.3 Å². The normalized spacial score (nSPS) is 12.7. The molecule has 8 nitrogen and oxygen atoms in total. The van der Waals surface area contributed by atoms with Crippen LogP contribution in [0.5, 0.6) is 5.75 Å². The molecule has 0 aliphatic heterocycles. The lowest BCUT2D eigenvalue weighted by Crippen LogP contribution is -2.53. The molecule has 2 amide bonds. The highest BCUT2D eigenvalue weighted by molar-refractivity contribution is 7.92. The van der Waals surface area contributed by atoms with E-state index in [1.807, 2.05) is 13.8 Å². The van der Waals surface area contributed by atoms with E-state index in [0.717, 1.165) is 4.31 Å². The van der Waals surface area contributed by atoms with Gasteiger partial charge in [0.1, 0.15) is 24.2 Å². The van der Waals surface area contributed by atoms with Gasteiger partial charge >= 0.3 is 0 Å². The second-order valence-corrected chi connectivity index (χ2v) is 11.9. The van der Waals surface area contributed by atoms with Crippen LogP contribution in [-0.2, 0) is 26.2 Å². The first-order valence-corrected chi connectivity index (χ1v) is 15.1. The quantitative estimate of drug-likeness (QED) is 0.282. The van der Waals surface area contributed by atoms with Crippen LogP contribution < -0.4 is 14.4 Å². The van der Waals surface area contributed by atoms with E-state index in [0.29, 0.717) is 22.8 Å². The number of ether oxygens (including phenoxy) is 1. The summed E-state index contributed by atoms with van der Waals surface area (Å²) in [5.74, 6) is -0.921. The Kier molecular flexibility index (Phi) is 11.1. The summed E-state index contributed by atoms with van der Waals surface area (Å²) in [6, 6.07) is 16.5. The van der Waals surface area contributed by atoms with Crippen molar-refractivity contribution in [1.82, 2.24) is 10.2 Å². The number of anilines is 1. The molecule has 1 N–H and O–H groups in total. The van der Waals surface area contributed by atoms with Crippen LogP contribution in [0.15, 0.2) is 77.7 Å². The number of sulfonamides is 1. The Hall–Kier alpha value is -3.63. The third-order valence-corrected chi connectivity index (χ3v) is 8.73. The van der Waals surface area contributed by atoms with Crippen molar-refractivity contribution in [2.24, 2.45) is 0 Å². The molecule has 0 saturated heterocycles. The third-order valence-electron chi connectivity index (χ3n) is 6.69. The predicted octanol–water partition coefficient (Wildman–Crippen LogP) is 5.41. The molecule has 2 atom stereocenters. The van der Waals surface area contributed by atoms with Gasteiger partial charge in [0.15, 0.2) is 0 Å². The fourth-order valence-corrected chi connectivity index (χ4v) is 5.70. The number of hydrogen-bond acceptors (Lipinski definition) is 5. The van der Waals surface area contributed by atoms with Gasteiger partial charge in [0, 0.05) is 17.6 Å². The number of nitrogens with zero attached hydrogens (tertiary/aromatic N) is 2. The second kappa shape index (κ2) is 14.3. The number of benzene rings is 3. The monoisotopic (exact) mass is 603 g/mol. The average molecular weight is 604 g/mol. The molecule has 0 unspecified atom stereocenters. The minimum atomic E-state index is -4.24. The lowest BCUT2D eigenvalue weighted by Gasteiger charge is -2.33. The third kappa shape index (κ3) is 8.20. The number of halogens is 2. The van der Waals surface area contributed by atoms with Gasteiger partial charge in [-0.1, -0.05) is 37.6 Å². The number of amides is 2. The van der Waals surface area contributed by atoms with Crippen LogP contribution in [0.4, 0.5) is 10.1 Å². The second-order valence-electron chi connectivity index (χ2n) is 9.55. The smallest absolute Gasteiger partial charge is 0.264 e. The van der Waals surface area contributed by atoms with Gasteiger partial charge in [-0.05, 0) is 86.0 Å². The van der Waals surface area contributed by atoms with Crippen LogP contribution in [0.25, 0.3) is 0 Å². The van der Waals surface area contributed by atoms with E-state index < -0.39 is 34.3 Å². The number of carbonyl (C=O) groups is 2. The summed E-state index contributed by atoms with van der Waals surface area (Å²) >= 11 is 6.06. The molecule has 0 aliphatic rings. The molecule has 0 heterocycles. The molecule has 0 saturated carbocycles. The molecule has 0 spiro atoms. The molecule has 11 heteroatoms. The summed E-state index contributed by atoms with van der Waals surface area (Å²) in [7, 11) is -2.77. The minimum absolute atomic E-state index is 0.0252. The molecule has 0 fully saturated rings. The topological polar surface area (TPSA) is 96.0 Å². The maximum atomic E-state index is 14.0. The molecular formula is C30H35ClFN3O5S. The largest absolute Gasteiger partial charge is 0.497 e. The zero-order valence-electron chi connectivity index (χ0n) is 23.5. The fourth-order valence-electron chi connectivity index (χ4n) is 4.16. The number of methoxy groups -OCH3 is 1. The van der Waals surface area contributed by atoms with Crippen LogP contribution in [0.3, 0.4) is 0 Å². The van der Waals surface area contributed by atoms with Crippen molar-refractivity contribution in [3.63, 3.8) is 0 Å². The van der Waals surface area contributed by atoms with Crippen LogP contribution >= 0.6 is 11.6 Å². The number of carbonyl (C=O) groups excluding carboxylic acids is 2. The molecular weight excluding hydrogens is 569 g/mol. The zero-order chi connectivity index (χ0) is 30.2. The van der Waals surface area contributed by atoms with Crippen LogP contribution in [0.1, 0.15) is 39.2 Å². The van der Waals surface area contributed by atoms with Gasteiger partial charge in [-0.2, -0.15) is 0 Å². The van der Waals surface area contributed by atoms with E-state index >= 15 is 0 Å². The van der Waals surface area contributed by atoms with E-state index in [2.05, 4.69) is 5.32 Å². The molecule has 3 rings (SSSR count). The van der Waals surface area contributed by atoms with Crippen molar-refractivity contribution in [3.05, 3.63) is 89.2 Å². The number of nitrogens with one attached hydrogen (secondary N) is 1. The first-order chi connectivity index (χ1) is 19.5. The van der Waals surface area contributed by atoms with Gasteiger partial charge in [0.25, 0.3) is 10.0 Å². The lowest BCUT2D eigenvalue weighted by molar-refractivity contribution is -0.140. The SMILES string of the molecule is CC[C@@H](C)NC(=O)[C@H](CC)N(Cc1ccc(F)cc1)C(=O)CN(c1ccc(Cl)cc1)S(=O)(=O)c1ccc(OC)cc1. The molecule has 0 radical (unpaired) electrons. The lowest BCUT2D eigenvalue weighted by atomic mass is 10.1. The molecule has 0 aliphatic carbocycles. The van der Waals surface area contributed by atoms with Crippen molar-refractivity contribution in [2.45, 2.75) is 57.1 Å². The van der Waals surface area contributed by atoms with E-state index in [1.54, 1.807) is 6.92 Å². The van der Waals surface area contributed by atoms with Crippen molar-refractivity contribution in [3.8, 4) is 5.75 Å². The molecule has 41 heavy (non-hydrogen) atoms. The highest BCUT2D eigenvalue weighted by Gasteiger charge is 2.34. The maximum absolute atomic E-state index is 14.0. The average Bonchev–Trinajstić information content (AvgIpc) is 2.97. The summed E-state index contributed by atoms with van der Waals surface area (Å²) in [5.41, 5.74) is 0.808. The van der Waals surface area contributed by atoms with E-state index in [1.165, 1.54) is 84.8 Å². The van der Waals surface area contributed by atoms with E-state index in [-0.39, 0.29) is 35.5 Å². The highest BCUT2D eigenvalue weighted by atomic mass is 35.5. The Morgan fingerprint density at radius 1 is 0.951 bits per heavy atom. The number of hydrogen-bond donors (Lipinski definition) is 1. The van der Waals surface area contributed by atoms with Gasteiger partial charge in [-0.25, -0.2) is 12.8 Å². The summed E-state index contributed by atoms with van der Waals surface area (Å²) in [6.07, 6.45) is 0.972. The Morgan fingerprint density at radius 3 is 2.10 bits per heavy atom. The summed E-state index contributed by atoms with van der Waals surface area (Å²) in [6.45, 7) is 4.95. The van der Waals surface area contributed by atoms with Gasteiger partial charge < -0.3 is 15.0 Å². The molecule has 220 valence electrons. The minimum Gasteiger partial charge on any atom is -0.497 e. The first kappa shape index (κ1) is 31.9. The first-order valence-electron chi connectivity index (χ1n) is 13.3.